The summed E-state index contributed by atoms with van der Waals surface area (Å²) >= 11 is 0. The Kier molecular flexibility index (Phi) is 4.62. The van der Waals surface area contributed by atoms with E-state index in [4.69, 9.17) is 0 Å². The number of rotatable bonds is 4. The molecule has 2 rings (SSSR count). The first-order valence-electron chi connectivity index (χ1n) is 6.93. The average Bonchev–Trinajstić information content (AvgIpc) is 2.47. The molecular formula is C16H19N2O3-. The van der Waals surface area contributed by atoms with E-state index in [9.17, 15) is 14.7 Å². The van der Waals surface area contributed by atoms with E-state index in [0.29, 0.717) is 18.5 Å². The molecule has 0 saturated carbocycles. The standard InChI is InChI=1S/C16H20N2O3/c1-18(2)12-9-7-11(8-10-12)17-15(19)13-5-3-4-6-14(13)16(20)21/h3-4,7-10,13-14H,5-6H2,1-2H3,(H,17,19)(H,20,21)/p-1/t13-,14-/m1/s1. The Balaban J connectivity index is 2.06. The molecule has 5 nitrogen and oxygen atoms in total. The van der Waals surface area contributed by atoms with Crippen molar-refractivity contribution >= 4 is 23.3 Å². The zero-order valence-corrected chi connectivity index (χ0v) is 12.2. The summed E-state index contributed by atoms with van der Waals surface area (Å²) in [5.74, 6) is -2.77. The number of carbonyl (C=O) groups is 2. The minimum Gasteiger partial charge on any atom is -0.550 e. The molecule has 0 fully saturated rings. The van der Waals surface area contributed by atoms with E-state index >= 15 is 0 Å². The summed E-state index contributed by atoms with van der Waals surface area (Å²) in [5.41, 5.74) is 1.69. The predicted octanol–water partition coefficient (Wildman–Crippen LogP) is 1.02. The van der Waals surface area contributed by atoms with Gasteiger partial charge in [-0.05, 0) is 37.1 Å². The number of benzene rings is 1. The van der Waals surface area contributed by atoms with E-state index in [1.54, 1.807) is 18.2 Å². The minimum atomic E-state index is -1.16. The summed E-state index contributed by atoms with van der Waals surface area (Å²) < 4.78 is 0. The molecule has 0 saturated heterocycles. The lowest BCUT2D eigenvalue weighted by Crippen LogP contribution is -2.41. The number of hydrogen-bond acceptors (Lipinski definition) is 4. The first kappa shape index (κ1) is 15.1. The Labute approximate surface area is 124 Å². The number of hydrogen-bond donors (Lipinski definition) is 1. The zero-order chi connectivity index (χ0) is 15.4. The van der Waals surface area contributed by atoms with Crippen LogP contribution in [0.4, 0.5) is 11.4 Å². The van der Waals surface area contributed by atoms with Gasteiger partial charge in [-0.25, -0.2) is 0 Å². The van der Waals surface area contributed by atoms with E-state index in [2.05, 4.69) is 5.32 Å². The first-order chi connectivity index (χ1) is 9.99. The molecule has 0 heterocycles. The topological polar surface area (TPSA) is 72.5 Å². The first-order valence-corrected chi connectivity index (χ1v) is 6.93. The highest BCUT2D eigenvalue weighted by Crippen LogP contribution is 2.27. The van der Waals surface area contributed by atoms with Crippen LogP contribution in [-0.4, -0.2) is 26.0 Å². The van der Waals surface area contributed by atoms with Gasteiger partial charge in [0.15, 0.2) is 0 Å². The average molecular weight is 287 g/mol. The quantitative estimate of drug-likeness (QED) is 0.839. The van der Waals surface area contributed by atoms with E-state index < -0.39 is 17.8 Å². The fourth-order valence-corrected chi connectivity index (χ4v) is 2.44. The van der Waals surface area contributed by atoms with Gasteiger partial charge < -0.3 is 20.1 Å². The number of nitrogens with zero attached hydrogens (tertiary/aromatic N) is 1. The lowest BCUT2D eigenvalue weighted by molar-refractivity contribution is -0.313. The van der Waals surface area contributed by atoms with Crippen molar-refractivity contribution in [2.24, 2.45) is 11.8 Å². The number of carboxylic acid groups (broad SMARTS) is 1. The van der Waals surface area contributed by atoms with Crippen LogP contribution >= 0.6 is 0 Å². The molecule has 0 aromatic heterocycles. The third kappa shape index (κ3) is 3.62. The molecule has 112 valence electrons. The van der Waals surface area contributed by atoms with Crippen LogP contribution in [-0.2, 0) is 9.59 Å². The van der Waals surface area contributed by atoms with Crippen LogP contribution in [0.25, 0.3) is 0 Å². The van der Waals surface area contributed by atoms with Gasteiger partial charge in [0, 0.05) is 37.4 Å². The van der Waals surface area contributed by atoms with Gasteiger partial charge in [0.1, 0.15) is 0 Å². The van der Waals surface area contributed by atoms with Gasteiger partial charge in [0.2, 0.25) is 5.91 Å². The van der Waals surface area contributed by atoms with Crippen molar-refractivity contribution in [3.05, 3.63) is 36.4 Å². The summed E-state index contributed by atoms with van der Waals surface area (Å²) in [6, 6.07) is 7.40. The third-order valence-corrected chi connectivity index (χ3v) is 3.72. The van der Waals surface area contributed by atoms with Crippen molar-refractivity contribution in [1.29, 1.82) is 0 Å². The molecule has 1 amide bonds. The number of nitrogens with one attached hydrogen (secondary N) is 1. The largest absolute Gasteiger partial charge is 0.550 e. The number of anilines is 2. The summed E-state index contributed by atoms with van der Waals surface area (Å²) in [4.78, 5) is 25.3. The van der Waals surface area contributed by atoms with Crippen LogP contribution in [0.1, 0.15) is 12.8 Å². The van der Waals surface area contributed by atoms with Gasteiger partial charge in [-0.15, -0.1) is 0 Å². The Hall–Kier alpha value is -2.30. The second-order valence-corrected chi connectivity index (χ2v) is 5.41. The Morgan fingerprint density at radius 1 is 1.10 bits per heavy atom. The lowest BCUT2D eigenvalue weighted by Gasteiger charge is -2.28. The molecule has 1 N–H and O–H groups in total. The van der Waals surface area contributed by atoms with Gasteiger partial charge in [-0.3, -0.25) is 4.79 Å². The van der Waals surface area contributed by atoms with E-state index in [-0.39, 0.29) is 5.91 Å². The Morgan fingerprint density at radius 3 is 2.19 bits per heavy atom. The summed E-state index contributed by atoms with van der Waals surface area (Å²) in [6.07, 6.45) is 4.41. The van der Waals surface area contributed by atoms with Gasteiger partial charge >= 0.3 is 0 Å². The van der Waals surface area contributed by atoms with Crippen molar-refractivity contribution in [2.75, 3.05) is 24.3 Å². The number of allylic oxidation sites excluding steroid dienone is 2. The normalized spacial score (nSPS) is 20.9. The molecule has 0 radical (unpaired) electrons. The maximum atomic E-state index is 12.3. The van der Waals surface area contributed by atoms with E-state index in [1.807, 2.05) is 37.2 Å². The summed E-state index contributed by atoms with van der Waals surface area (Å²) in [5, 5.41) is 13.9. The van der Waals surface area contributed by atoms with Crippen LogP contribution in [0, 0.1) is 11.8 Å². The predicted molar refractivity (Wildman–Crippen MR) is 79.8 cm³/mol. The summed E-state index contributed by atoms with van der Waals surface area (Å²) in [7, 11) is 3.87. The van der Waals surface area contributed by atoms with Crippen LogP contribution < -0.4 is 15.3 Å². The number of amides is 1. The van der Waals surface area contributed by atoms with Gasteiger partial charge in [-0.2, -0.15) is 0 Å². The van der Waals surface area contributed by atoms with Crippen LogP contribution in [0.15, 0.2) is 36.4 Å². The van der Waals surface area contributed by atoms with Gasteiger partial charge in [0.25, 0.3) is 0 Å². The molecule has 1 aromatic rings. The maximum absolute atomic E-state index is 12.3. The molecule has 0 bridgehead atoms. The monoisotopic (exact) mass is 287 g/mol. The molecule has 0 spiro atoms. The maximum Gasteiger partial charge on any atom is 0.228 e. The fraction of sp³-hybridized carbons (Fsp3) is 0.375. The molecular weight excluding hydrogens is 268 g/mol. The van der Waals surface area contributed by atoms with Crippen molar-refractivity contribution in [1.82, 2.24) is 0 Å². The molecule has 1 aliphatic rings. The molecule has 1 aromatic carbocycles. The molecule has 2 atom stereocenters. The molecule has 1 aliphatic carbocycles. The van der Waals surface area contributed by atoms with Crippen LogP contribution in [0.3, 0.4) is 0 Å². The lowest BCUT2D eigenvalue weighted by atomic mass is 9.82. The Bertz CT molecular complexity index is 549. The van der Waals surface area contributed by atoms with E-state index in [0.717, 1.165) is 5.69 Å². The third-order valence-electron chi connectivity index (χ3n) is 3.72. The molecule has 5 heteroatoms. The number of aliphatic carboxylic acids is 1. The van der Waals surface area contributed by atoms with Gasteiger partial charge in [-0.1, -0.05) is 12.2 Å². The Morgan fingerprint density at radius 2 is 1.67 bits per heavy atom. The summed E-state index contributed by atoms with van der Waals surface area (Å²) in [6.45, 7) is 0. The minimum absolute atomic E-state index is 0.272. The zero-order valence-electron chi connectivity index (χ0n) is 12.2. The van der Waals surface area contributed by atoms with Crippen molar-refractivity contribution in [2.45, 2.75) is 12.8 Å². The van der Waals surface area contributed by atoms with Crippen molar-refractivity contribution in [3.63, 3.8) is 0 Å². The molecule has 21 heavy (non-hydrogen) atoms. The number of carbonyl (C=O) groups excluding carboxylic acids is 2. The van der Waals surface area contributed by atoms with Crippen LogP contribution in [0.2, 0.25) is 0 Å². The highest BCUT2D eigenvalue weighted by Gasteiger charge is 2.29. The highest BCUT2D eigenvalue weighted by molar-refractivity contribution is 5.95. The van der Waals surface area contributed by atoms with E-state index in [1.165, 1.54) is 0 Å². The van der Waals surface area contributed by atoms with Crippen molar-refractivity contribution < 1.29 is 14.7 Å². The smallest absolute Gasteiger partial charge is 0.228 e. The second-order valence-electron chi connectivity index (χ2n) is 5.41. The highest BCUT2D eigenvalue weighted by atomic mass is 16.4. The number of carboxylic acids is 1. The molecule has 0 unspecified atom stereocenters. The van der Waals surface area contributed by atoms with Gasteiger partial charge in [0.05, 0.1) is 5.92 Å². The SMILES string of the molecule is CN(C)c1ccc(NC(=O)[C@@H]2CC=CC[C@H]2C(=O)[O-])cc1. The molecule has 0 aliphatic heterocycles. The van der Waals surface area contributed by atoms with Crippen LogP contribution in [0.5, 0.6) is 0 Å². The van der Waals surface area contributed by atoms with Crippen molar-refractivity contribution in [3.8, 4) is 0 Å². The second kappa shape index (κ2) is 6.43. The fourth-order valence-electron chi connectivity index (χ4n) is 2.44.